The molecular formula is C13H22BrN3O. The number of hydrogen-bond donors (Lipinski definition) is 1. The molecule has 1 aromatic heterocycles. The van der Waals surface area contributed by atoms with E-state index in [9.17, 15) is 0 Å². The van der Waals surface area contributed by atoms with E-state index in [-0.39, 0.29) is 0 Å². The van der Waals surface area contributed by atoms with Crippen LogP contribution in [0.3, 0.4) is 0 Å². The fourth-order valence-electron chi connectivity index (χ4n) is 2.41. The molecule has 0 spiro atoms. The number of ether oxygens (including phenoxy) is 1. The van der Waals surface area contributed by atoms with Crippen molar-refractivity contribution < 1.29 is 4.74 Å². The predicted octanol–water partition coefficient (Wildman–Crippen LogP) is 2.22. The van der Waals surface area contributed by atoms with E-state index in [1.165, 1.54) is 25.0 Å². The largest absolute Gasteiger partial charge is 0.383 e. The van der Waals surface area contributed by atoms with Crippen molar-refractivity contribution in [2.75, 3.05) is 20.8 Å². The number of nitrogens with zero attached hydrogens (tertiary/aromatic N) is 2. The first-order valence-corrected chi connectivity index (χ1v) is 7.42. The third kappa shape index (κ3) is 3.56. The first-order chi connectivity index (χ1) is 8.76. The summed E-state index contributed by atoms with van der Waals surface area (Å²) in [5, 5.41) is 7.83. The van der Waals surface area contributed by atoms with E-state index in [0.29, 0.717) is 12.6 Å². The van der Waals surface area contributed by atoms with Gasteiger partial charge in [-0.05, 0) is 54.6 Å². The van der Waals surface area contributed by atoms with Crippen molar-refractivity contribution in [3.05, 3.63) is 16.4 Å². The highest BCUT2D eigenvalue weighted by Crippen LogP contribution is 2.34. The zero-order chi connectivity index (χ0) is 13.0. The number of hydrogen-bond acceptors (Lipinski definition) is 3. The van der Waals surface area contributed by atoms with Gasteiger partial charge in [0.2, 0.25) is 0 Å². The predicted molar refractivity (Wildman–Crippen MR) is 75.7 cm³/mol. The Morgan fingerprint density at radius 3 is 3.00 bits per heavy atom. The average Bonchev–Trinajstić information content (AvgIpc) is 3.15. The molecule has 1 aliphatic rings. The molecule has 18 heavy (non-hydrogen) atoms. The van der Waals surface area contributed by atoms with Crippen LogP contribution in [0, 0.1) is 5.92 Å². The van der Waals surface area contributed by atoms with E-state index in [2.05, 4.69) is 33.4 Å². The van der Waals surface area contributed by atoms with Crippen LogP contribution in [0.5, 0.6) is 0 Å². The second-order valence-electron chi connectivity index (χ2n) is 4.93. The fourth-order valence-corrected chi connectivity index (χ4v) is 2.91. The van der Waals surface area contributed by atoms with Crippen LogP contribution in [-0.2, 0) is 17.7 Å². The Balaban J connectivity index is 1.92. The molecule has 1 atom stereocenters. The van der Waals surface area contributed by atoms with E-state index in [1.807, 2.05) is 10.9 Å². The zero-order valence-electron chi connectivity index (χ0n) is 11.2. The maximum Gasteiger partial charge on any atom is 0.0658 e. The molecule has 1 aliphatic carbocycles. The normalized spacial score (nSPS) is 17.1. The second kappa shape index (κ2) is 6.68. The lowest BCUT2D eigenvalue weighted by Crippen LogP contribution is -2.28. The second-order valence-corrected chi connectivity index (χ2v) is 5.78. The molecule has 0 amide bonds. The third-order valence-corrected chi connectivity index (χ3v) is 4.32. The lowest BCUT2D eigenvalue weighted by molar-refractivity contribution is 0.182. The van der Waals surface area contributed by atoms with Gasteiger partial charge in [0.15, 0.2) is 0 Å². The number of halogens is 1. The molecule has 5 heteroatoms. The van der Waals surface area contributed by atoms with Crippen molar-refractivity contribution in [1.29, 1.82) is 0 Å². The van der Waals surface area contributed by atoms with Crippen LogP contribution in [0.25, 0.3) is 0 Å². The van der Waals surface area contributed by atoms with Gasteiger partial charge in [0.25, 0.3) is 0 Å². The lowest BCUT2D eigenvalue weighted by Gasteiger charge is -2.16. The number of aromatic nitrogens is 2. The summed E-state index contributed by atoms with van der Waals surface area (Å²) in [6.07, 6.45) is 6.90. The molecule has 0 aromatic carbocycles. The summed E-state index contributed by atoms with van der Waals surface area (Å²) in [7, 11) is 3.79. The van der Waals surface area contributed by atoms with Crippen LogP contribution in [0.4, 0.5) is 0 Å². The van der Waals surface area contributed by atoms with Gasteiger partial charge in [-0.1, -0.05) is 0 Å². The van der Waals surface area contributed by atoms with E-state index in [4.69, 9.17) is 4.74 Å². The summed E-state index contributed by atoms with van der Waals surface area (Å²) < 4.78 is 8.28. The summed E-state index contributed by atoms with van der Waals surface area (Å²) in [6, 6.07) is 0.655. The van der Waals surface area contributed by atoms with Crippen molar-refractivity contribution >= 4 is 15.9 Å². The molecule has 1 N–H and O–H groups in total. The highest BCUT2D eigenvalue weighted by Gasteiger charge is 2.29. The zero-order valence-corrected chi connectivity index (χ0v) is 12.7. The monoisotopic (exact) mass is 315 g/mol. The van der Waals surface area contributed by atoms with Gasteiger partial charge >= 0.3 is 0 Å². The Morgan fingerprint density at radius 1 is 1.61 bits per heavy atom. The van der Waals surface area contributed by atoms with Crippen LogP contribution in [0.15, 0.2) is 10.7 Å². The summed E-state index contributed by atoms with van der Waals surface area (Å²) in [6.45, 7) is 1.53. The Hall–Kier alpha value is -0.390. The summed E-state index contributed by atoms with van der Waals surface area (Å²) in [4.78, 5) is 0. The van der Waals surface area contributed by atoms with Gasteiger partial charge < -0.3 is 10.1 Å². The fraction of sp³-hybridized carbons (Fsp3) is 0.769. The van der Waals surface area contributed by atoms with Crippen molar-refractivity contribution in [1.82, 2.24) is 15.1 Å². The molecule has 0 aliphatic heterocycles. The van der Waals surface area contributed by atoms with Crippen LogP contribution in [-0.4, -0.2) is 36.6 Å². The van der Waals surface area contributed by atoms with Crippen LogP contribution >= 0.6 is 15.9 Å². The molecule has 1 aromatic rings. The quantitative estimate of drug-likeness (QED) is 0.799. The molecule has 1 fully saturated rings. The molecule has 0 radical (unpaired) electrons. The molecule has 0 bridgehead atoms. The summed E-state index contributed by atoms with van der Waals surface area (Å²) in [5.74, 6) is 0.893. The van der Waals surface area contributed by atoms with E-state index in [0.717, 1.165) is 23.4 Å². The van der Waals surface area contributed by atoms with Gasteiger partial charge in [0.1, 0.15) is 0 Å². The topological polar surface area (TPSA) is 39.1 Å². The minimum atomic E-state index is 0.655. The van der Waals surface area contributed by atoms with E-state index < -0.39 is 0 Å². The van der Waals surface area contributed by atoms with Crippen molar-refractivity contribution in [2.45, 2.75) is 38.3 Å². The lowest BCUT2D eigenvalue weighted by atomic mass is 10.1. The Morgan fingerprint density at radius 2 is 2.39 bits per heavy atom. The van der Waals surface area contributed by atoms with Crippen molar-refractivity contribution in [3.63, 3.8) is 0 Å². The van der Waals surface area contributed by atoms with Gasteiger partial charge in [-0.15, -0.1) is 0 Å². The molecule has 1 saturated carbocycles. The summed E-state index contributed by atoms with van der Waals surface area (Å²) >= 11 is 3.59. The van der Waals surface area contributed by atoms with E-state index >= 15 is 0 Å². The molecule has 2 rings (SSSR count). The molecule has 1 unspecified atom stereocenters. The van der Waals surface area contributed by atoms with Gasteiger partial charge in [0.05, 0.1) is 29.5 Å². The number of nitrogens with one attached hydrogen (secondary N) is 1. The Bertz CT molecular complexity index is 376. The first-order valence-electron chi connectivity index (χ1n) is 6.62. The maximum atomic E-state index is 5.12. The first kappa shape index (κ1) is 14.0. The van der Waals surface area contributed by atoms with Gasteiger partial charge in [-0.3, -0.25) is 4.68 Å². The third-order valence-electron chi connectivity index (χ3n) is 3.66. The Kier molecular flexibility index (Phi) is 5.21. The summed E-state index contributed by atoms with van der Waals surface area (Å²) in [5.41, 5.74) is 1.29. The average molecular weight is 316 g/mol. The van der Waals surface area contributed by atoms with Crippen molar-refractivity contribution in [2.24, 2.45) is 5.92 Å². The molecule has 1 heterocycles. The maximum absolute atomic E-state index is 5.12. The minimum Gasteiger partial charge on any atom is -0.383 e. The minimum absolute atomic E-state index is 0.655. The number of rotatable bonds is 8. The van der Waals surface area contributed by atoms with Gasteiger partial charge in [-0.25, -0.2) is 0 Å². The van der Waals surface area contributed by atoms with Crippen LogP contribution in [0.1, 0.15) is 25.0 Å². The van der Waals surface area contributed by atoms with Gasteiger partial charge in [0, 0.05) is 13.2 Å². The number of methoxy groups -OCH3 is 1. The highest BCUT2D eigenvalue weighted by atomic mass is 79.9. The van der Waals surface area contributed by atoms with E-state index in [1.54, 1.807) is 7.11 Å². The molecule has 4 nitrogen and oxygen atoms in total. The smallest absolute Gasteiger partial charge is 0.0658 e. The van der Waals surface area contributed by atoms with Crippen LogP contribution < -0.4 is 5.32 Å². The molecular weight excluding hydrogens is 294 g/mol. The van der Waals surface area contributed by atoms with Crippen molar-refractivity contribution in [3.8, 4) is 0 Å². The Labute approximate surface area is 117 Å². The van der Waals surface area contributed by atoms with Crippen LogP contribution in [0.2, 0.25) is 0 Å². The highest BCUT2D eigenvalue weighted by molar-refractivity contribution is 9.10. The standard InChI is InChI=1S/C13H22BrN3O/c1-15-12(10-3-4-10)5-6-13-11(14)9-16-17(13)7-8-18-2/h9-10,12,15H,3-8H2,1-2H3. The molecule has 102 valence electrons. The van der Waals surface area contributed by atoms with Gasteiger partial charge in [-0.2, -0.15) is 5.10 Å². The SMILES string of the molecule is CNC(CCc1c(Br)cnn1CCOC)C1CC1. The molecule has 0 saturated heterocycles.